The minimum Gasteiger partial charge on any atom is -0.349 e. The molecule has 0 radical (unpaired) electrons. The number of amides is 2. The number of nitrogens with two attached hydrogens (primary N) is 1. The molecular formula is C25H31N3O2. The molecule has 2 aromatic rings. The quantitative estimate of drug-likeness (QED) is 0.814. The van der Waals surface area contributed by atoms with E-state index in [1.165, 1.54) is 6.42 Å². The van der Waals surface area contributed by atoms with Crippen molar-refractivity contribution in [2.45, 2.75) is 62.9 Å². The van der Waals surface area contributed by atoms with Crippen molar-refractivity contribution < 1.29 is 9.59 Å². The van der Waals surface area contributed by atoms with E-state index in [1.54, 1.807) is 4.90 Å². The van der Waals surface area contributed by atoms with E-state index in [0.29, 0.717) is 6.42 Å². The normalized spacial score (nSPS) is 23.4. The number of carbonyl (C=O) groups excluding carboxylic acids is 2. The third kappa shape index (κ3) is 4.26. The summed E-state index contributed by atoms with van der Waals surface area (Å²) in [5, 5.41) is 3.20. The fraction of sp³-hybridized carbons (Fsp3) is 0.440. The molecule has 0 spiro atoms. The Morgan fingerprint density at radius 2 is 1.73 bits per heavy atom. The molecule has 0 saturated heterocycles. The average molecular weight is 406 g/mol. The summed E-state index contributed by atoms with van der Waals surface area (Å²) in [6, 6.07) is 17.4. The zero-order chi connectivity index (χ0) is 21.1. The van der Waals surface area contributed by atoms with Crippen LogP contribution in [0.3, 0.4) is 0 Å². The molecule has 158 valence electrons. The molecule has 1 saturated carbocycles. The second-order valence-electron chi connectivity index (χ2n) is 8.96. The zero-order valence-corrected chi connectivity index (χ0v) is 17.6. The van der Waals surface area contributed by atoms with Crippen molar-refractivity contribution in [2.75, 3.05) is 11.4 Å². The molecular weight excluding hydrogens is 374 g/mol. The van der Waals surface area contributed by atoms with Crippen molar-refractivity contribution in [3.63, 3.8) is 0 Å². The zero-order valence-electron chi connectivity index (χ0n) is 17.6. The first-order valence-electron chi connectivity index (χ1n) is 11.0. The van der Waals surface area contributed by atoms with Crippen LogP contribution in [0.2, 0.25) is 0 Å². The molecule has 1 aliphatic carbocycles. The number of nitrogens with one attached hydrogen (secondary N) is 1. The summed E-state index contributed by atoms with van der Waals surface area (Å²) < 4.78 is 0. The van der Waals surface area contributed by atoms with Crippen LogP contribution < -0.4 is 16.0 Å². The first-order valence-corrected chi connectivity index (χ1v) is 11.0. The number of fused-ring (bicyclic) bond motifs is 1. The van der Waals surface area contributed by atoms with Crippen molar-refractivity contribution in [2.24, 2.45) is 5.73 Å². The van der Waals surface area contributed by atoms with Crippen LogP contribution in [0.15, 0.2) is 54.6 Å². The second-order valence-corrected chi connectivity index (χ2v) is 8.96. The van der Waals surface area contributed by atoms with Crippen LogP contribution in [-0.4, -0.2) is 29.9 Å². The Labute approximate surface area is 178 Å². The Kier molecular flexibility index (Phi) is 5.91. The molecule has 2 aromatic carbocycles. The van der Waals surface area contributed by atoms with Crippen LogP contribution in [0.1, 0.15) is 62.5 Å². The Balaban J connectivity index is 1.63. The van der Waals surface area contributed by atoms with Gasteiger partial charge in [-0.3, -0.25) is 9.59 Å². The van der Waals surface area contributed by atoms with Gasteiger partial charge in [-0.1, -0.05) is 67.8 Å². The van der Waals surface area contributed by atoms with Gasteiger partial charge in [-0.2, -0.15) is 0 Å². The van der Waals surface area contributed by atoms with Gasteiger partial charge >= 0.3 is 0 Å². The van der Waals surface area contributed by atoms with Crippen molar-refractivity contribution >= 4 is 17.5 Å². The van der Waals surface area contributed by atoms with Gasteiger partial charge in [-0.25, -0.2) is 0 Å². The number of anilines is 1. The molecule has 1 aliphatic heterocycles. The van der Waals surface area contributed by atoms with Crippen LogP contribution in [0, 0.1) is 0 Å². The molecule has 5 nitrogen and oxygen atoms in total. The van der Waals surface area contributed by atoms with Gasteiger partial charge in [-0.05, 0) is 43.4 Å². The van der Waals surface area contributed by atoms with E-state index in [2.05, 4.69) is 24.4 Å². The number of carbonyl (C=O) groups is 2. The molecule has 3 N–H and O–H groups in total. The molecule has 0 bridgehead atoms. The van der Waals surface area contributed by atoms with E-state index >= 15 is 0 Å². The lowest BCUT2D eigenvalue weighted by molar-refractivity contribution is -0.125. The van der Waals surface area contributed by atoms with Gasteiger partial charge in [0.05, 0.1) is 6.04 Å². The van der Waals surface area contributed by atoms with E-state index in [-0.39, 0.29) is 29.8 Å². The van der Waals surface area contributed by atoms with E-state index in [4.69, 9.17) is 5.73 Å². The molecule has 4 rings (SSSR count). The van der Waals surface area contributed by atoms with Crippen LogP contribution in [0.25, 0.3) is 0 Å². The van der Waals surface area contributed by atoms with Gasteiger partial charge in [0.15, 0.2) is 0 Å². The van der Waals surface area contributed by atoms with Crippen LogP contribution in [0.5, 0.6) is 0 Å². The third-order valence-electron chi connectivity index (χ3n) is 6.58. The van der Waals surface area contributed by atoms with E-state index < -0.39 is 6.04 Å². The lowest BCUT2D eigenvalue weighted by Crippen LogP contribution is -2.53. The summed E-state index contributed by atoms with van der Waals surface area (Å²) in [4.78, 5) is 27.8. The third-order valence-corrected chi connectivity index (χ3v) is 6.58. The smallest absolute Gasteiger partial charge is 0.244 e. The Morgan fingerprint density at radius 1 is 1.07 bits per heavy atom. The van der Waals surface area contributed by atoms with Gasteiger partial charge in [0.2, 0.25) is 11.8 Å². The van der Waals surface area contributed by atoms with Crippen LogP contribution >= 0.6 is 0 Å². The van der Waals surface area contributed by atoms with Crippen molar-refractivity contribution in [1.29, 1.82) is 0 Å². The molecule has 1 fully saturated rings. The summed E-state index contributed by atoms with van der Waals surface area (Å²) in [5.41, 5.74) is 9.12. The number of para-hydroxylation sites is 1. The summed E-state index contributed by atoms with van der Waals surface area (Å²) in [6.45, 7) is 2.11. The van der Waals surface area contributed by atoms with E-state index in [0.717, 1.165) is 42.5 Å². The molecule has 0 aromatic heterocycles. The fourth-order valence-electron chi connectivity index (χ4n) is 4.97. The number of hydrogen-bond donors (Lipinski definition) is 2. The topological polar surface area (TPSA) is 75.4 Å². The second kappa shape index (κ2) is 8.60. The molecule has 2 amide bonds. The standard InChI is InChI=1S/C25H31N3O2/c1-25(14-8-3-9-15-25)27-23(29)17-28-22-13-7-6-12-19(22)20(16-21(26)24(28)30)18-10-4-2-5-11-18/h2,4-7,10-13,20-21H,3,8-9,14-17,26H2,1H3,(H,27,29). The molecule has 30 heavy (non-hydrogen) atoms. The van der Waals surface area contributed by atoms with Gasteiger partial charge < -0.3 is 16.0 Å². The monoisotopic (exact) mass is 405 g/mol. The minimum absolute atomic E-state index is 0.000641. The van der Waals surface area contributed by atoms with Gasteiger partial charge in [-0.15, -0.1) is 0 Å². The summed E-state index contributed by atoms with van der Waals surface area (Å²) >= 11 is 0. The Hall–Kier alpha value is -2.66. The maximum absolute atomic E-state index is 13.2. The first-order chi connectivity index (χ1) is 14.5. The van der Waals surface area contributed by atoms with E-state index in [1.807, 2.05) is 42.5 Å². The average Bonchev–Trinajstić information content (AvgIpc) is 2.85. The highest BCUT2D eigenvalue weighted by atomic mass is 16.2. The molecule has 2 aliphatic rings. The van der Waals surface area contributed by atoms with Crippen molar-refractivity contribution in [3.05, 3.63) is 65.7 Å². The lowest BCUT2D eigenvalue weighted by Gasteiger charge is -2.35. The predicted molar refractivity (Wildman–Crippen MR) is 119 cm³/mol. The maximum Gasteiger partial charge on any atom is 0.244 e. The lowest BCUT2D eigenvalue weighted by atomic mass is 9.83. The summed E-state index contributed by atoms with van der Waals surface area (Å²) in [6.07, 6.45) is 5.98. The highest BCUT2D eigenvalue weighted by Gasteiger charge is 2.36. The highest BCUT2D eigenvalue weighted by Crippen LogP contribution is 2.38. The van der Waals surface area contributed by atoms with E-state index in [9.17, 15) is 9.59 Å². The van der Waals surface area contributed by atoms with Gasteiger partial charge in [0.1, 0.15) is 6.54 Å². The number of hydrogen-bond acceptors (Lipinski definition) is 3. The largest absolute Gasteiger partial charge is 0.349 e. The number of benzene rings is 2. The van der Waals surface area contributed by atoms with Crippen molar-refractivity contribution in [3.8, 4) is 0 Å². The summed E-state index contributed by atoms with van der Waals surface area (Å²) in [5.74, 6) is -0.289. The van der Waals surface area contributed by atoms with Gasteiger partial charge in [0.25, 0.3) is 0 Å². The number of nitrogens with zero attached hydrogens (tertiary/aromatic N) is 1. The Morgan fingerprint density at radius 3 is 2.47 bits per heavy atom. The first kappa shape index (κ1) is 20.6. The van der Waals surface area contributed by atoms with Gasteiger partial charge in [0, 0.05) is 17.1 Å². The fourth-order valence-corrected chi connectivity index (χ4v) is 4.97. The SMILES string of the molecule is CC1(NC(=O)CN2C(=O)C(N)CC(c3ccccc3)c3ccccc32)CCCCC1. The number of rotatable bonds is 4. The van der Waals surface area contributed by atoms with Crippen molar-refractivity contribution in [1.82, 2.24) is 5.32 Å². The molecule has 2 unspecified atom stereocenters. The predicted octanol–water partition coefficient (Wildman–Crippen LogP) is 3.72. The summed E-state index contributed by atoms with van der Waals surface area (Å²) in [7, 11) is 0. The molecule has 2 atom stereocenters. The van der Waals surface area contributed by atoms with Crippen LogP contribution in [0.4, 0.5) is 5.69 Å². The minimum atomic E-state index is -0.652. The molecule has 5 heteroatoms. The molecule has 1 heterocycles. The highest BCUT2D eigenvalue weighted by molar-refractivity contribution is 6.03. The van der Waals surface area contributed by atoms with Crippen LogP contribution in [-0.2, 0) is 9.59 Å². The Bertz CT molecular complexity index is 906. The maximum atomic E-state index is 13.2.